The first kappa shape index (κ1) is 32.5. The summed E-state index contributed by atoms with van der Waals surface area (Å²) in [6.07, 6.45) is 0.715. The van der Waals surface area contributed by atoms with Gasteiger partial charge in [-0.15, -0.1) is 0 Å². The minimum Gasteiger partial charge on any atom is -0.455 e. The van der Waals surface area contributed by atoms with Gasteiger partial charge in [-0.05, 0) is 54.4 Å². The number of benzene rings is 3. The van der Waals surface area contributed by atoms with Crippen LogP contribution in [-0.2, 0) is 31.0 Å². The molecular formula is C28H32N4O8S. The Morgan fingerprint density at radius 2 is 1.56 bits per heavy atom. The van der Waals surface area contributed by atoms with E-state index in [2.05, 4.69) is 5.32 Å². The van der Waals surface area contributed by atoms with Gasteiger partial charge in [0.25, 0.3) is 16.0 Å². The van der Waals surface area contributed by atoms with Gasteiger partial charge >= 0.3 is 11.9 Å². The van der Waals surface area contributed by atoms with E-state index in [4.69, 9.17) is 25.2 Å². The first-order chi connectivity index (χ1) is 19.2. The molecule has 0 heterocycles. The fraction of sp³-hybridized carbons (Fsp3) is 0.214. The number of hydrogen-bond donors (Lipinski definition) is 4. The molecule has 0 spiro atoms. The van der Waals surface area contributed by atoms with Gasteiger partial charge < -0.3 is 25.4 Å². The Morgan fingerprint density at radius 1 is 1.00 bits per heavy atom. The lowest BCUT2D eigenvalue weighted by Gasteiger charge is -2.18. The Bertz CT molecular complexity index is 1440. The normalized spacial score (nSPS) is 11.2. The summed E-state index contributed by atoms with van der Waals surface area (Å²) in [7, 11) is -2.01. The van der Waals surface area contributed by atoms with Crippen molar-refractivity contribution < 1.29 is 36.8 Å². The molecule has 0 aromatic heterocycles. The van der Waals surface area contributed by atoms with Crippen LogP contribution in [-0.4, -0.2) is 61.6 Å². The summed E-state index contributed by atoms with van der Waals surface area (Å²) in [6, 6.07) is 22.4. The summed E-state index contributed by atoms with van der Waals surface area (Å²) in [5.74, 6) is -1.88. The van der Waals surface area contributed by atoms with E-state index in [1.165, 1.54) is 4.90 Å². The monoisotopic (exact) mass is 584 g/mol. The Kier molecular flexibility index (Phi) is 12.0. The molecule has 0 aliphatic heterocycles. The number of carbonyl (C=O) groups is 3. The first-order valence-corrected chi connectivity index (χ1v) is 14.0. The van der Waals surface area contributed by atoms with Gasteiger partial charge in [-0.1, -0.05) is 42.5 Å². The molecular weight excluding hydrogens is 552 g/mol. The van der Waals surface area contributed by atoms with Crippen LogP contribution in [0.15, 0.2) is 78.9 Å². The van der Waals surface area contributed by atoms with Crippen LogP contribution in [0.4, 0.5) is 5.69 Å². The molecule has 218 valence electrons. The first-order valence-electron chi connectivity index (χ1n) is 12.1. The average Bonchev–Trinajstić information content (AvgIpc) is 2.91. The van der Waals surface area contributed by atoms with Crippen LogP contribution in [0.1, 0.15) is 34.3 Å². The number of rotatable bonds is 9. The smallest absolute Gasteiger partial charge is 0.343 e. The quantitative estimate of drug-likeness (QED) is 0.0956. The molecule has 3 aromatic carbocycles. The van der Waals surface area contributed by atoms with Crippen molar-refractivity contribution in [2.75, 3.05) is 25.2 Å². The predicted molar refractivity (Wildman–Crippen MR) is 153 cm³/mol. The molecule has 0 aliphatic rings. The fourth-order valence-corrected chi connectivity index (χ4v) is 3.29. The predicted octanol–water partition coefficient (Wildman–Crippen LogP) is 3.02. The molecule has 13 heteroatoms. The highest BCUT2D eigenvalue weighted by atomic mass is 32.2. The highest BCUT2D eigenvalue weighted by Crippen LogP contribution is 2.22. The lowest BCUT2D eigenvalue weighted by atomic mass is 10.0. The number of ether oxygens (including phenoxy) is 2. The van der Waals surface area contributed by atoms with E-state index in [9.17, 15) is 22.8 Å². The van der Waals surface area contributed by atoms with Gasteiger partial charge in [0.05, 0.1) is 17.7 Å². The maximum Gasteiger partial charge on any atom is 0.343 e. The minimum atomic E-state index is -3.67. The van der Waals surface area contributed by atoms with E-state index < -0.39 is 28.0 Å². The number of hydrogen-bond acceptors (Lipinski definition) is 8. The third-order valence-corrected chi connectivity index (χ3v) is 5.37. The third-order valence-electron chi connectivity index (χ3n) is 5.37. The lowest BCUT2D eigenvalue weighted by molar-refractivity contribution is -0.152. The van der Waals surface area contributed by atoms with Crippen molar-refractivity contribution in [1.29, 1.82) is 5.41 Å². The second kappa shape index (κ2) is 15.1. The summed E-state index contributed by atoms with van der Waals surface area (Å²) in [5.41, 5.74) is 7.82. The molecule has 0 aliphatic carbocycles. The summed E-state index contributed by atoms with van der Waals surface area (Å²) in [5, 5.41) is 9.85. The number of nitrogens with two attached hydrogens (primary N) is 1. The number of carbonyl (C=O) groups excluding carboxylic acids is 3. The summed E-state index contributed by atoms with van der Waals surface area (Å²) >= 11 is 0. The topological polar surface area (TPSA) is 189 Å². The molecule has 1 atom stereocenters. The second-order valence-electron chi connectivity index (χ2n) is 8.87. The van der Waals surface area contributed by atoms with Gasteiger partial charge in [-0.3, -0.25) is 19.6 Å². The van der Waals surface area contributed by atoms with Crippen LogP contribution in [0.3, 0.4) is 0 Å². The second-order valence-corrected chi connectivity index (χ2v) is 10.3. The number of esters is 2. The molecule has 0 bridgehead atoms. The fourth-order valence-electron chi connectivity index (χ4n) is 3.29. The van der Waals surface area contributed by atoms with Crippen molar-refractivity contribution in [2.24, 2.45) is 5.73 Å². The van der Waals surface area contributed by atoms with Gasteiger partial charge in [0.15, 0.2) is 12.6 Å². The van der Waals surface area contributed by atoms with Gasteiger partial charge in [-0.2, -0.15) is 8.42 Å². The van der Waals surface area contributed by atoms with Crippen LogP contribution in [0, 0.1) is 5.41 Å². The van der Waals surface area contributed by atoms with Crippen LogP contribution < -0.4 is 15.8 Å². The largest absolute Gasteiger partial charge is 0.455 e. The minimum absolute atomic E-state index is 0.203. The molecule has 12 nitrogen and oxygen atoms in total. The zero-order chi connectivity index (χ0) is 30.6. The number of amides is 1. The van der Waals surface area contributed by atoms with E-state index in [1.54, 1.807) is 62.5 Å². The number of nitrogens with zero attached hydrogens (tertiary/aromatic N) is 1. The summed E-state index contributed by atoms with van der Waals surface area (Å²) in [6.45, 7) is 1.76. The SMILES string of the molecule is CS(=O)(=O)O.C[C@H](C(=O)OCC(=O)N(C)Cc1ccccc1)c1ccc(OC(=O)c2ccc(NC(=N)N)cc2)cc1. The zero-order valence-corrected chi connectivity index (χ0v) is 23.6. The summed E-state index contributed by atoms with van der Waals surface area (Å²) in [4.78, 5) is 38.7. The van der Waals surface area contributed by atoms with Crippen LogP contribution >= 0.6 is 0 Å². The zero-order valence-electron chi connectivity index (χ0n) is 22.7. The highest BCUT2D eigenvalue weighted by molar-refractivity contribution is 7.85. The van der Waals surface area contributed by atoms with E-state index in [-0.39, 0.29) is 18.5 Å². The maximum atomic E-state index is 12.5. The van der Waals surface area contributed by atoms with Gasteiger partial charge in [0, 0.05) is 19.3 Å². The van der Waals surface area contributed by atoms with Crippen molar-refractivity contribution in [3.63, 3.8) is 0 Å². The van der Waals surface area contributed by atoms with Crippen molar-refractivity contribution in [2.45, 2.75) is 19.4 Å². The standard InChI is InChI=1S/C27H28N4O5.CH4O3S/c1-18(25(33)35-17-24(32)31(2)16-19-6-4-3-5-7-19)20-10-14-23(15-11-20)36-26(34)21-8-12-22(13-9-21)30-27(28)29;1-5(2,3)4/h3-15,18H,16-17H2,1-2H3,(H4,28,29,30);1H3,(H,2,3,4)/t18-;/m0./s1. The third kappa shape index (κ3) is 12.3. The number of anilines is 1. The van der Waals surface area contributed by atoms with Crippen molar-refractivity contribution >= 4 is 39.6 Å². The molecule has 3 rings (SSSR count). The lowest BCUT2D eigenvalue weighted by Crippen LogP contribution is -2.31. The van der Waals surface area contributed by atoms with Crippen LogP contribution in [0.25, 0.3) is 0 Å². The molecule has 0 saturated heterocycles. The molecule has 1 amide bonds. The number of guanidine groups is 1. The van der Waals surface area contributed by atoms with E-state index in [1.807, 2.05) is 30.3 Å². The summed E-state index contributed by atoms with van der Waals surface area (Å²) < 4.78 is 36.5. The van der Waals surface area contributed by atoms with E-state index in [0.717, 1.165) is 5.56 Å². The molecule has 0 fully saturated rings. The van der Waals surface area contributed by atoms with Crippen molar-refractivity contribution in [3.8, 4) is 5.75 Å². The van der Waals surface area contributed by atoms with Crippen molar-refractivity contribution in [1.82, 2.24) is 4.90 Å². The Balaban J connectivity index is 0.00000108. The number of likely N-dealkylation sites (N-methyl/N-ethyl adjacent to an activating group) is 1. The number of nitrogens with one attached hydrogen (secondary N) is 2. The maximum absolute atomic E-state index is 12.5. The molecule has 3 aromatic rings. The van der Waals surface area contributed by atoms with Crippen LogP contribution in [0.2, 0.25) is 0 Å². The molecule has 0 unspecified atom stereocenters. The molecule has 0 saturated carbocycles. The Morgan fingerprint density at radius 3 is 2.10 bits per heavy atom. The van der Waals surface area contributed by atoms with Gasteiger partial charge in [-0.25, -0.2) is 4.79 Å². The Labute approximate surface area is 238 Å². The van der Waals surface area contributed by atoms with Gasteiger partial charge in [0.2, 0.25) is 0 Å². The van der Waals surface area contributed by atoms with Gasteiger partial charge in [0.1, 0.15) is 5.75 Å². The Hall–Kier alpha value is -4.75. The average molecular weight is 585 g/mol. The molecule has 0 radical (unpaired) electrons. The van der Waals surface area contributed by atoms with Crippen molar-refractivity contribution in [3.05, 3.63) is 95.6 Å². The van der Waals surface area contributed by atoms with E-state index >= 15 is 0 Å². The van der Waals surface area contributed by atoms with Crippen LogP contribution in [0.5, 0.6) is 5.75 Å². The van der Waals surface area contributed by atoms with E-state index in [0.29, 0.717) is 35.4 Å². The molecule has 41 heavy (non-hydrogen) atoms. The molecule has 5 N–H and O–H groups in total. The highest BCUT2D eigenvalue weighted by Gasteiger charge is 2.20.